The molecule has 0 atom stereocenters. The van der Waals surface area contributed by atoms with Crippen LogP contribution in [-0.4, -0.2) is 27.6 Å². The third-order valence-corrected chi connectivity index (χ3v) is 26.4. The van der Waals surface area contributed by atoms with Crippen molar-refractivity contribution in [3.05, 3.63) is 224 Å². The molecule has 0 saturated carbocycles. The molecular formula is C66H50Ge2N2O2. The summed E-state index contributed by atoms with van der Waals surface area (Å²) < 4.78 is 18.3. The maximum atomic E-state index is 7.00. The second-order valence-corrected chi connectivity index (χ2v) is 35.3. The zero-order chi connectivity index (χ0) is 48.2. The SMILES string of the molecule is [CH3][GeH]([CH3])[c]1c(-c2ccccc2)cccc1N(c1ccccc1)c1ccc2cc3c(cc2c1)oc1ccc2c4cc5ccc(N(c6ccccc6)c6cccc7[c]6[Ge]([CH3])([CH3])[c]6ccccc6-7)cc5cc4oc2c13. The van der Waals surface area contributed by atoms with Crippen LogP contribution in [0.3, 0.4) is 0 Å². The van der Waals surface area contributed by atoms with Gasteiger partial charge in [0, 0.05) is 0 Å². The van der Waals surface area contributed by atoms with Crippen LogP contribution in [0.15, 0.2) is 233 Å². The Morgan fingerprint density at radius 2 is 0.944 bits per heavy atom. The molecule has 0 spiro atoms. The van der Waals surface area contributed by atoms with Crippen LogP contribution in [0.1, 0.15) is 0 Å². The molecule has 6 heteroatoms. The van der Waals surface area contributed by atoms with Crippen LogP contribution < -0.4 is 23.0 Å². The van der Waals surface area contributed by atoms with Crippen molar-refractivity contribution >= 4 is 140 Å². The fraction of sp³-hybridized carbons (Fsp3) is 0.0606. The van der Waals surface area contributed by atoms with Crippen molar-refractivity contribution in [1.29, 1.82) is 0 Å². The molecule has 0 amide bonds. The number of hydrogen-bond donors (Lipinski definition) is 0. The summed E-state index contributed by atoms with van der Waals surface area (Å²) >= 11 is -4.59. The Morgan fingerprint density at radius 3 is 1.61 bits per heavy atom. The minimum atomic E-state index is -2.68. The third-order valence-electron chi connectivity index (χ3n) is 15.3. The molecule has 1 aliphatic rings. The number of fused-ring (bicyclic) bond motifs is 12. The van der Waals surface area contributed by atoms with Gasteiger partial charge in [-0.15, -0.1) is 0 Å². The predicted octanol–water partition coefficient (Wildman–Crippen LogP) is 16.9. The van der Waals surface area contributed by atoms with Gasteiger partial charge in [-0.3, -0.25) is 0 Å². The molecule has 0 N–H and O–H groups in total. The molecule has 0 aliphatic carbocycles. The van der Waals surface area contributed by atoms with Crippen LogP contribution in [0.2, 0.25) is 23.0 Å². The summed E-state index contributed by atoms with van der Waals surface area (Å²) in [6.45, 7) is 0. The van der Waals surface area contributed by atoms with E-state index in [-0.39, 0.29) is 0 Å². The van der Waals surface area contributed by atoms with E-state index in [1.165, 1.54) is 47.8 Å². The summed E-state index contributed by atoms with van der Waals surface area (Å²) in [5, 5.41) is 8.82. The Balaban J connectivity index is 0.888. The average Bonchev–Trinajstić information content (AvgIpc) is 4.04. The van der Waals surface area contributed by atoms with Crippen molar-refractivity contribution in [2.75, 3.05) is 9.80 Å². The van der Waals surface area contributed by atoms with E-state index in [0.29, 0.717) is 0 Å². The van der Waals surface area contributed by atoms with Crippen molar-refractivity contribution in [3.8, 4) is 22.3 Å². The van der Waals surface area contributed by atoms with E-state index in [9.17, 15) is 0 Å². The van der Waals surface area contributed by atoms with Gasteiger partial charge in [-0.2, -0.15) is 0 Å². The van der Waals surface area contributed by atoms with Gasteiger partial charge in [0.05, 0.1) is 0 Å². The fourth-order valence-electron chi connectivity index (χ4n) is 12.1. The van der Waals surface area contributed by atoms with Gasteiger partial charge in [0.1, 0.15) is 0 Å². The van der Waals surface area contributed by atoms with Gasteiger partial charge in [-0.1, -0.05) is 0 Å². The fourth-order valence-corrected chi connectivity index (χ4v) is 22.8. The summed E-state index contributed by atoms with van der Waals surface area (Å²) in [6.07, 6.45) is 0. The first-order valence-corrected chi connectivity index (χ1v) is 37.4. The first-order chi connectivity index (χ1) is 35.3. The first kappa shape index (κ1) is 43.0. The van der Waals surface area contributed by atoms with Crippen molar-refractivity contribution < 1.29 is 8.83 Å². The maximum absolute atomic E-state index is 7.00. The van der Waals surface area contributed by atoms with E-state index in [4.69, 9.17) is 8.83 Å². The molecule has 0 radical (unpaired) electrons. The van der Waals surface area contributed by atoms with Crippen LogP contribution in [0.25, 0.3) is 87.7 Å². The molecule has 11 aromatic carbocycles. The topological polar surface area (TPSA) is 32.8 Å². The average molecular weight is 1050 g/mol. The quantitative estimate of drug-likeness (QED) is 0.142. The summed E-state index contributed by atoms with van der Waals surface area (Å²) in [7, 11) is 0. The molecular weight excluding hydrogens is 998 g/mol. The molecule has 344 valence electrons. The Kier molecular flexibility index (Phi) is 9.96. The Hall–Kier alpha value is -7.77. The van der Waals surface area contributed by atoms with Gasteiger partial charge in [-0.25, -0.2) is 0 Å². The van der Waals surface area contributed by atoms with E-state index < -0.39 is 27.6 Å². The summed E-state index contributed by atoms with van der Waals surface area (Å²) in [5.41, 5.74) is 15.8. The second-order valence-electron chi connectivity index (χ2n) is 20.3. The van der Waals surface area contributed by atoms with Gasteiger partial charge in [0.15, 0.2) is 0 Å². The number of hydrogen-bond acceptors (Lipinski definition) is 4. The van der Waals surface area contributed by atoms with Gasteiger partial charge in [0.2, 0.25) is 0 Å². The van der Waals surface area contributed by atoms with E-state index in [1.807, 2.05) is 0 Å². The zero-order valence-electron chi connectivity index (χ0n) is 40.7. The number of furan rings is 2. The van der Waals surface area contributed by atoms with Gasteiger partial charge in [-0.05, 0) is 0 Å². The number of rotatable bonds is 8. The molecule has 0 saturated heterocycles. The predicted molar refractivity (Wildman–Crippen MR) is 312 cm³/mol. The van der Waals surface area contributed by atoms with E-state index in [1.54, 1.807) is 4.40 Å². The van der Waals surface area contributed by atoms with Crippen molar-refractivity contribution in [2.24, 2.45) is 0 Å². The molecule has 2 aromatic heterocycles. The number of para-hydroxylation sites is 2. The Morgan fingerprint density at radius 1 is 0.389 bits per heavy atom. The Bertz CT molecular complexity index is 4290. The molecule has 1 aliphatic heterocycles. The van der Waals surface area contributed by atoms with Crippen molar-refractivity contribution in [1.82, 2.24) is 0 Å². The van der Waals surface area contributed by atoms with Gasteiger partial charge < -0.3 is 0 Å². The van der Waals surface area contributed by atoms with Crippen molar-refractivity contribution in [2.45, 2.75) is 23.0 Å². The molecule has 13 aromatic rings. The normalized spacial score (nSPS) is 13.0. The molecule has 0 bridgehead atoms. The van der Waals surface area contributed by atoms with Crippen molar-refractivity contribution in [3.63, 3.8) is 0 Å². The van der Waals surface area contributed by atoms with Crippen LogP contribution in [0.4, 0.5) is 34.1 Å². The summed E-state index contributed by atoms with van der Waals surface area (Å²) in [6, 6.07) is 82.4. The van der Waals surface area contributed by atoms with Crippen LogP contribution in [0, 0.1) is 0 Å². The monoisotopic (exact) mass is 1050 g/mol. The molecule has 0 unspecified atom stereocenters. The molecule has 0 fully saturated rings. The molecule has 3 heterocycles. The first-order valence-electron chi connectivity index (χ1n) is 25.1. The van der Waals surface area contributed by atoms with Gasteiger partial charge in [0.25, 0.3) is 0 Å². The molecule has 14 rings (SSSR count). The van der Waals surface area contributed by atoms with E-state index in [0.717, 1.165) is 82.8 Å². The van der Waals surface area contributed by atoms with Crippen LogP contribution in [-0.2, 0) is 0 Å². The van der Waals surface area contributed by atoms with E-state index >= 15 is 0 Å². The van der Waals surface area contributed by atoms with Crippen LogP contribution in [0.5, 0.6) is 0 Å². The molecule has 72 heavy (non-hydrogen) atoms. The van der Waals surface area contributed by atoms with E-state index in [2.05, 4.69) is 257 Å². The zero-order valence-corrected chi connectivity index (χ0v) is 45.2. The standard InChI is InChI=1S/C66H50Ge2N2O2/c1-67(2)64-51(42-18-8-5-9-19-42)25-16-28-58(64)69(47-20-10-6-11-21-47)49-32-31-44-39-56-62(41-46(44)36-49)71-60-35-34-54-55-38-43-30-33-50(37-45(43)40-61(55)72-66(54)63(56)60)70(48-22-12-7-13-23-48)59-29-17-26-53-52-24-14-15-27-57(52)68(3,4)65(53)59/h5-41,67H,1-4H3. The molecule has 4 nitrogen and oxygen atoms in total. The number of anilines is 6. The summed E-state index contributed by atoms with van der Waals surface area (Å²) in [5.74, 6) is 10.1. The Labute approximate surface area is 425 Å². The second kappa shape index (κ2) is 16.7. The minimum absolute atomic E-state index is 0.819. The van der Waals surface area contributed by atoms with Gasteiger partial charge >= 0.3 is 429 Å². The summed E-state index contributed by atoms with van der Waals surface area (Å²) in [4.78, 5) is 4.93. The number of benzene rings is 11. The number of nitrogens with zero attached hydrogens (tertiary/aromatic N) is 2. The third kappa shape index (κ3) is 6.73. The van der Waals surface area contributed by atoms with Crippen LogP contribution >= 0.6 is 0 Å².